The molecule has 0 atom stereocenters. The van der Waals surface area contributed by atoms with Gasteiger partial charge in [0.25, 0.3) is 0 Å². The average molecular weight is 279 g/mol. The molecule has 8 heteroatoms. The summed E-state index contributed by atoms with van der Waals surface area (Å²) in [6.07, 6.45) is 4.91. The van der Waals surface area contributed by atoms with Crippen LogP contribution in [0, 0.1) is 0 Å². The second kappa shape index (κ2) is 6.20. The Morgan fingerprint density at radius 3 is 3.00 bits per heavy atom. The summed E-state index contributed by atoms with van der Waals surface area (Å²) >= 11 is 0. The lowest BCUT2D eigenvalue weighted by molar-refractivity contribution is 0.0521. The molecule has 0 amide bonds. The average Bonchev–Trinajstić information content (AvgIpc) is 3.03. The number of nitrogens with zero attached hydrogens (tertiary/aromatic N) is 4. The fraction of sp³-hybridized carbons (Fsp3) is 0.417. The molecule has 108 valence electrons. The summed E-state index contributed by atoms with van der Waals surface area (Å²) in [4.78, 5) is 15.6. The maximum absolute atomic E-state index is 11.6. The summed E-state index contributed by atoms with van der Waals surface area (Å²) in [7, 11) is 1.63. The first-order valence-electron chi connectivity index (χ1n) is 6.19. The van der Waals surface area contributed by atoms with Gasteiger partial charge in [-0.3, -0.25) is 9.25 Å². The van der Waals surface area contributed by atoms with Crippen LogP contribution in [0.4, 0.5) is 5.82 Å². The zero-order valence-corrected chi connectivity index (χ0v) is 11.4. The molecular formula is C12H17N5O3. The fourth-order valence-corrected chi connectivity index (χ4v) is 1.70. The minimum Gasteiger partial charge on any atom is -0.461 e. The number of anilines is 1. The van der Waals surface area contributed by atoms with Crippen LogP contribution in [0.15, 0.2) is 18.7 Å². The van der Waals surface area contributed by atoms with Gasteiger partial charge in [0, 0.05) is 13.3 Å². The highest BCUT2D eigenvalue weighted by molar-refractivity contribution is 5.92. The third kappa shape index (κ3) is 2.80. The number of imidazole rings is 1. The topological polar surface area (TPSA) is 97.2 Å². The van der Waals surface area contributed by atoms with E-state index in [9.17, 15) is 4.79 Å². The molecule has 0 saturated heterocycles. The molecule has 0 radical (unpaired) electrons. The van der Waals surface area contributed by atoms with Gasteiger partial charge in [0.2, 0.25) is 0 Å². The maximum Gasteiger partial charge on any atom is 0.360 e. The number of hydrogen-bond donors (Lipinski definition) is 1. The van der Waals surface area contributed by atoms with Crippen LogP contribution in [0.3, 0.4) is 0 Å². The van der Waals surface area contributed by atoms with Crippen LogP contribution in [0.5, 0.6) is 0 Å². The number of ether oxygens (including phenoxy) is 2. The molecule has 2 aromatic heterocycles. The number of nitrogen functional groups attached to an aromatic ring is 1. The Bertz CT molecular complexity index is 590. The van der Waals surface area contributed by atoms with E-state index in [4.69, 9.17) is 15.2 Å². The number of nitrogens with two attached hydrogens (primary N) is 1. The first-order valence-corrected chi connectivity index (χ1v) is 6.19. The van der Waals surface area contributed by atoms with Gasteiger partial charge in [-0.1, -0.05) is 0 Å². The second-order valence-electron chi connectivity index (χ2n) is 4.02. The zero-order valence-electron chi connectivity index (χ0n) is 11.4. The zero-order chi connectivity index (χ0) is 14.5. The molecule has 0 saturated carbocycles. The molecule has 0 bridgehead atoms. The Balaban J connectivity index is 2.21. The van der Waals surface area contributed by atoms with Crippen LogP contribution >= 0.6 is 0 Å². The normalized spacial score (nSPS) is 10.7. The quantitative estimate of drug-likeness (QED) is 0.772. The van der Waals surface area contributed by atoms with E-state index in [1.807, 2.05) is 0 Å². The predicted octanol–water partition coefficient (Wildman–Crippen LogP) is 0.474. The molecule has 0 aliphatic carbocycles. The Morgan fingerprint density at radius 2 is 2.30 bits per heavy atom. The van der Waals surface area contributed by atoms with Crippen molar-refractivity contribution in [3.05, 3.63) is 24.4 Å². The number of esters is 1. The monoisotopic (exact) mass is 279 g/mol. The van der Waals surface area contributed by atoms with Crippen molar-refractivity contribution in [3.8, 4) is 5.69 Å². The van der Waals surface area contributed by atoms with E-state index < -0.39 is 5.97 Å². The Morgan fingerprint density at radius 1 is 1.50 bits per heavy atom. The van der Waals surface area contributed by atoms with Gasteiger partial charge in [0.15, 0.2) is 5.69 Å². The van der Waals surface area contributed by atoms with Crippen molar-refractivity contribution in [3.63, 3.8) is 0 Å². The van der Waals surface area contributed by atoms with E-state index in [0.29, 0.717) is 13.2 Å². The van der Waals surface area contributed by atoms with Crippen molar-refractivity contribution < 1.29 is 14.3 Å². The molecule has 0 fully saturated rings. The van der Waals surface area contributed by atoms with Crippen molar-refractivity contribution in [1.82, 2.24) is 19.3 Å². The summed E-state index contributed by atoms with van der Waals surface area (Å²) < 4.78 is 13.2. The predicted molar refractivity (Wildman–Crippen MR) is 71.6 cm³/mol. The van der Waals surface area contributed by atoms with Crippen LogP contribution in [0.1, 0.15) is 17.4 Å². The van der Waals surface area contributed by atoms with E-state index in [2.05, 4.69) is 10.1 Å². The Hall–Kier alpha value is -2.35. The molecule has 0 aliphatic rings. The van der Waals surface area contributed by atoms with Crippen molar-refractivity contribution in [1.29, 1.82) is 0 Å². The fourth-order valence-electron chi connectivity index (χ4n) is 1.70. The van der Waals surface area contributed by atoms with E-state index in [1.165, 1.54) is 6.33 Å². The number of carbonyl (C=O) groups excluding carboxylic acids is 1. The lowest BCUT2D eigenvalue weighted by atomic mass is 10.4. The third-order valence-electron chi connectivity index (χ3n) is 2.70. The first-order chi connectivity index (χ1) is 9.67. The maximum atomic E-state index is 11.6. The molecule has 0 spiro atoms. The number of carbonyl (C=O) groups is 1. The smallest absolute Gasteiger partial charge is 0.360 e. The Kier molecular flexibility index (Phi) is 4.36. The molecule has 2 N–H and O–H groups in total. The SMILES string of the molecule is CCOC(=O)c1ncn(-c2cnn(CCOC)c2)c1N. The van der Waals surface area contributed by atoms with E-state index in [1.54, 1.807) is 35.7 Å². The van der Waals surface area contributed by atoms with Gasteiger partial charge in [-0.25, -0.2) is 9.78 Å². The minimum absolute atomic E-state index is 0.108. The largest absolute Gasteiger partial charge is 0.461 e. The van der Waals surface area contributed by atoms with E-state index >= 15 is 0 Å². The molecule has 20 heavy (non-hydrogen) atoms. The van der Waals surface area contributed by atoms with Crippen LogP contribution < -0.4 is 5.73 Å². The van der Waals surface area contributed by atoms with Gasteiger partial charge in [-0.2, -0.15) is 5.10 Å². The summed E-state index contributed by atoms with van der Waals surface area (Å²) in [5.41, 5.74) is 6.75. The highest BCUT2D eigenvalue weighted by atomic mass is 16.5. The number of hydrogen-bond acceptors (Lipinski definition) is 6. The van der Waals surface area contributed by atoms with Crippen molar-refractivity contribution in [2.24, 2.45) is 0 Å². The minimum atomic E-state index is -0.532. The van der Waals surface area contributed by atoms with Gasteiger partial charge in [-0.15, -0.1) is 0 Å². The van der Waals surface area contributed by atoms with E-state index in [-0.39, 0.29) is 18.1 Å². The molecule has 8 nitrogen and oxygen atoms in total. The lowest BCUT2D eigenvalue weighted by Crippen LogP contribution is -2.09. The molecule has 2 heterocycles. The molecule has 0 aromatic carbocycles. The standard InChI is InChI=1S/C12H17N5O3/c1-3-20-12(18)10-11(13)17(8-14-10)9-6-15-16(7-9)4-5-19-2/h6-8H,3-5,13H2,1-2H3. The molecule has 2 rings (SSSR count). The number of rotatable bonds is 6. The first kappa shape index (κ1) is 14.1. The summed E-state index contributed by atoms with van der Waals surface area (Å²) in [5.74, 6) is -0.301. The Labute approximate surface area is 116 Å². The van der Waals surface area contributed by atoms with Gasteiger partial charge < -0.3 is 15.2 Å². The van der Waals surface area contributed by atoms with Gasteiger partial charge in [-0.05, 0) is 6.92 Å². The third-order valence-corrected chi connectivity index (χ3v) is 2.70. The summed E-state index contributed by atoms with van der Waals surface area (Å²) in [5, 5.41) is 4.18. The molecule has 0 aliphatic heterocycles. The summed E-state index contributed by atoms with van der Waals surface area (Å²) in [6, 6.07) is 0. The highest BCUT2D eigenvalue weighted by Gasteiger charge is 2.18. The van der Waals surface area contributed by atoms with Gasteiger partial charge in [0.1, 0.15) is 12.1 Å². The van der Waals surface area contributed by atoms with Crippen LogP contribution in [0.25, 0.3) is 5.69 Å². The summed E-state index contributed by atoms with van der Waals surface area (Å²) in [6.45, 7) is 3.20. The lowest BCUT2D eigenvalue weighted by Gasteiger charge is -2.02. The number of aromatic nitrogens is 4. The van der Waals surface area contributed by atoms with Crippen molar-refractivity contribution >= 4 is 11.8 Å². The van der Waals surface area contributed by atoms with Crippen molar-refractivity contribution in [2.75, 3.05) is 26.1 Å². The molecule has 2 aromatic rings. The molecule has 0 unspecified atom stereocenters. The molecular weight excluding hydrogens is 262 g/mol. The van der Waals surface area contributed by atoms with E-state index in [0.717, 1.165) is 5.69 Å². The van der Waals surface area contributed by atoms with Crippen LogP contribution in [0.2, 0.25) is 0 Å². The highest BCUT2D eigenvalue weighted by Crippen LogP contribution is 2.17. The second-order valence-corrected chi connectivity index (χ2v) is 4.02. The van der Waals surface area contributed by atoms with Crippen molar-refractivity contribution in [2.45, 2.75) is 13.5 Å². The van der Waals surface area contributed by atoms with Crippen LogP contribution in [-0.2, 0) is 16.0 Å². The van der Waals surface area contributed by atoms with Gasteiger partial charge in [0.05, 0.1) is 31.6 Å². The van der Waals surface area contributed by atoms with Gasteiger partial charge >= 0.3 is 5.97 Å². The van der Waals surface area contributed by atoms with Crippen LogP contribution in [-0.4, -0.2) is 45.6 Å². The number of methoxy groups -OCH3 is 1.